The van der Waals surface area contributed by atoms with E-state index < -0.39 is 0 Å². The van der Waals surface area contributed by atoms with Crippen molar-refractivity contribution in [3.63, 3.8) is 0 Å². The molecule has 2 aromatic rings. The van der Waals surface area contributed by atoms with E-state index in [1.54, 1.807) is 12.5 Å². The van der Waals surface area contributed by atoms with Crippen LogP contribution in [0.5, 0.6) is 0 Å². The van der Waals surface area contributed by atoms with Crippen LogP contribution in [0.3, 0.4) is 0 Å². The van der Waals surface area contributed by atoms with Crippen molar-refractivity contribution in [1.29, 1.82) is 0 Å². The summed E-state index contributed by atoms with van der Waals surface area (Å²) in [5.74, 6) is 0. The average Bonchev–Trinajstić information content (AvgIpc) is 2.97. The Kier molecular flexibility index (Phi) is 5.88. The van der Waals surface area contributed by atoms with Crippen LogP contribution in [-0.2, 0) is 12.8 Å². The maximum absolute atomic E-state index is 11.7. The monoisotopic (exact) mass is 286 g/mol. The second-order valence-electron chi connectivity index (χ2n) is 5.23. The van der Waals surface area contributed by atoms with E-state index in [4.69, 9.17) is 4.42 Å². The predicted octanol–water partition coefficient (Wildman–Crippen LogP) is 3.14. The van der Waals surface area contributed by atoms with Gasteiger partial charge < -0.3 is 15.1 Å². The topological polar surface area (TPSA) is 54.3 Å². The standard InChI is InChI=1S/C17H22N2O2/c1-14(12-16-9-11-21-13-16)19-17(20)18-10-5-8-15-6-3-2-4-7-15/h2-4,6-7,9,11,13-14H,5,8,10,12H2,1H3,(H2,18,19,20)/t14-/m0/s1. The fourth-order valence-corrected chi connectivity index (χ4v) is 2.23. The Morgan fingerprint density at radius 2 is 2.00 bits per heavy atom. The smallest absolute Gasteiger partial charge is 0.315 e. The van der Waals surface area contributed by atoms with Crippen LogP contribution in [0.1, 0.15) is 24.5 Å². The molecule has 0 aliphatic heterocycles. The van der Waals surface area contributed by atoms with Crippen LogP contribution in [0.15, 0.2) is 53.3 Å². The van der Waals surface area contributed by atoms with Crippen LogP contribution < -0.4 is 10.6 Å². The van der Waals surface area contributed by atoms with E-state index in [9.17, 15) is 4.79 Å². The van der Waals surface area contributed by atoms with Crippen LogP contribution in [-0.4, -0.2) is 18.6 Å². The lowest BCUT2D eigenvalue weighted by atomic mass is 10.1. The van der Waals surface area contributed by atoms with Gasteiger partial charge in [0, 0.05) is 12.6 Å². The molecule has 2 amide bonds. The SMILES string of the molecule is C[C@@H](Cc1ccoc1)NC(=O)NCCCc1ccccc1. The van der Waals surface area contributed by atoms with Crippen molar-refractivity contribution in [1.82, 2.24) is 10.6 Å². The van der Waals surface area contributed by atoms with E-state index in [1.807, 2.05) is 31.2 Å². The molecular formula is C17H22N2O2. The summed E-state index contributed by atoms with van der Waals surface area (Å²) in [7, 11) is 0. The Hall–Kier alpha value is -2.23. The molecule has 0 aliphatic rings. The Morgan fingerprint density at radius 3 is 2.71 bits per heavy atom. The van der Waals surface area contributed by atoms with Gasteiger partial charge in [-0.1, -0.05) is 30.3 Å². The van der Waals surface area contributed by atoms with Crippen molar-refractivity contribution in [3.8, 4) is 0 Å². The minimum Gasteiger partial charge on any atom is -0.472 e. The van der Waals surface area contributed by atoms with Crippen molar-refractivity contribution in [3.05, 3.63) is 60.1 Å². The molecule has 1 aromatic heterocycles. The Bertz CT molecular complexity index is 523. The summed E-state index contributed by atoms with van der Waals surface area (Å²) in [6.07, 6.45) is 6.04. The zero-order valence-corrected chi connectivity index (χ0v) is 12.3. The number of furan rings is 1. The molecule has 0 fully saturated rings. The van der Waals surface area contributed by atoms with Gasteiger partial charge in [-0.25, -0.2) is 4.79 Å². The number of carbonyl (C=O) groups is 1. The van der Waals surface area contributed by atoms with Gasteiger partial charge in [0.2, 0.25) is 0 Å². The lowest BCUT2D eigenvalue weighted by molar-refractivity contribution is 0.237. The number of rotatable bonds is 7. The number of carbonyl (C=O) groups excluding carboxylic acids is 1. The van der Waals surface area contributed by atoms with Gasteiger partial charge in [0.05, 0.1) is 12.5 Å². The van der Waals surface area contributed by atoms with Crippen LogP contribution in [0.2, 0.25) is 0 Å². The number of urea groups is 1. The zero-order chi connectivity index (χ0) is 14.9. The van der Waals surface area contributed by atoms with E-state index in [1.165, 1.54) is 5.56 Å². The van der Waals surface area contributed by atoms with Gasteiger partial charge in [-0.3, -0.25) is 0 Å². The second kappa shape index (κ2) is 8.15. The highest BCUT2D eigenvalue weighted by Crippen LogP contribution is 2.04. The minimum atomic E-state index is -0.112. The third kappa shape index (κ3) is 5.73. The number of amides is 2. The fraction of sp³-hybridized carbons (Fsp3) is 0.353. The normalized spacial score (nSPS) is 11.9. The Morgan fingerprint density at radius 1 is 1.19 bits per heavy atom. The molecular weight excluding hydrogens is 264 g/mol. The van der Waals surface area contributed by atoms with Crippen LogP contribution >= 0.6 is 0 Å². The van der Waals surface area contributed by atoms with E-state index >= 15 is 0 Å². The van der Waals surface area contributed by atoms with Gasteiger partial charge in [0.25, 0.3) is 0 Å². The zero-order valence-electron chi connectivity index (χ0n) is 12.3. The van der Waals surface area contributed by atoms with E-state index in [0.717, 1.165) is 24.8 Å². The lowest BCUT2D eigenvalue weighted by Crippen LogP contribution is -2.42. The highest BCUT2D eigenvalue weighted by molar-refractivity contribution is 5.74. The molecule has 0 unspecified atom stereocenters. The number of nitrogens with one attached hydrogen (secondary N) is 2. The first-order valence-corrected chi connectivity index (χ1v) is 7.33. The van der Waals surface area contributed by atoms with Crippen molar-refractivity contribution in [2.45, 2.75) is 32.2 Å². The van der Waals surface area contributed by atoms with Crippen molar-refractivity contribution < 1.29 is 9.21 Å². The molecule has 0 saturated carbocycles. The molecule has 2 rings (SSSR count). The number of aryl methyl sites for hydroxylation is 1. The van der Waals surface area contributed by atoms with Gasteiger partial charge in [-0.15, -0.1) is 0 Å². The highest BCUT2D eigenvalue weighted by atomic mass is 16.3. The highest BCUT2D eigenvalue weighted by Gasteiger charge is 2.08. The summed E-state index contributed by atoms with van der Waals surface area (Å²) in [6.45, 7) is 2.66. The van der Waals surface area contributed by atoms with Crippen LogP contribution in [0.4, 0.5) is 4.79 Å². The second-order valence-corrected chi connectivity index (χ2v) is 5.23. The summed E-state index contributed by atoms with van der Waals surface area (Å²) < 4.78 is 5.01. The first-order valence-electron chi connectivity index (χ1n) is 7.33. The Labute approximate surface area is 125 Å². The molecule has 0 saturated heterocycles. The van der Waals surface area contributed by atoms with Crippen molar-refractivity contribution >= 4 is 6.03 Å². The van der Waals surface area contributed by atoms with Gasteiger partial charge in [-0.2, -0.15) is 0 Å². The van der Waals surface area contributed by atoms with Gasteiger partial charge in [-0.05, 0) is 43.4 Å². The summed E-state index contributed by atoms with van der Waals surface area (Å²) in [4.78, 5) is 11.7. The summed E-state index contributed by atoms with van der Waals surface area (Å²) in [6, 6.07) is 12.2. The summed E-state index contributed by atoms with van der Waals surface area (Å²) >= 11 is 0. The maximum Gasteiger partial charge on any atom is 0.315 e. The lowest BCUT2D eigenvalue weighted by Gasteiger charge is -2.13. The van der Waals surface area contributed by atoms with Gasteiger partial charge in [0.15, 0.2) is 0 Å². The Balaban J connectivity index is 1.59. The predicted molar refractivity (Wildman–Crippen MR) is 83.2 cm³/mol. The van der Waals surface area contributed by atoms with Gasteiger partial charge in [0.1, 0.15) is 0 Å². The molecule has 1 aromatic carbocycles. The molecule has 0 spiro atoms. The third-order valence-electron chi connectivity index (χ3n) is 3.27. The molecule has 4 heteroatoms. The van der Waals surface area contributed by atoms with Crippen LogP contribution in [0, 0.1) is 0 Å². The minimum absolute atomic E-state index is 0.0803. The molecule has 112 valence electrons. The third-order valence-corrected chi connectivity index (χ3v) is 3.27. The van der Waals surface area contributed by atoms with E-state index in [2.05, 4.69) is 22.8 Å². The first kappa shape index (κ1) is 15.2. The summed E-state index contributed by atoms with van der Waals surface area (Å²) in [5, 5.41) is 5.82. The van der Waals surface area contributed by atoms with Crippen molar-refractivity contribution in [2.75, 3.05) is 6.54 Å². The van der Waals surface area contributed by atoms with Crippen LogP contribution in [0.25, 0.3) is 0 Å². The van der Waals surface area contributed by atoms with Crippen molar-refractivity contribution in [2.24, 2.45) is 0 Å². The molecule has 1 atom stereocenters. The molecule has 0 radical (unpaired) electrons. The van der Waals surface area contributed by atoms with Gasteiger partial charge >= 0.3 is 6.03 Å². The first-order chi connectivity index (χ1) is 10.2. The molecule has 1 heterocycles. The molecule has 2 N–H and O–H groups in total. The number of benzene rings is 1. The number of hydrogen-bond acceptors (Lipinski definition) is 2. The molecule has 21 heavy (non-hydrogen) atoms. The average molecular weight is 286 g/mol. The largest absolute Gasteiger partial charge is 0.472 e. The fourth-order valence-electron chi connectivity index (χ4n) is 2.23. The van der Waals surface area contributed by atoms with E-state index in [-0.39, 0.29) is 12.1 Å². The molecule has 4 nitrogen and oxygen atoms in total. The van der Waals surface area contributed by atoms with E-state index in [0.29, 0.717) is 6.54 Å². The maximum atomic E-state index is 11.7. The summed E-state index contributed by atoms with van der Waals surface area (Å²) in [5.41, 5.74) is 2.39. The molecule has 0 aliphatic carbocycles. The number of hydrogen-bond donors (Lipinski definition) is 2. The quantitative estimate of drug-likeness (QED) is 0.768. The molecule has 0 bridgehead atoms.